The van der Waals surface area contributed by atoms with E-state index in [0.717, 1.165) is 6.07 Å². The van der Waals surface area contributed by atoms with E-state index in [0.29, 0.717) is 37.2 Å². The average molecular weight is 321 g/mol. The van der Waals surface area contributed by atoms with E-state index in [4.69, 9.17) is 0 Å². The van der Waals surface area contributed by atoms with Gasteiger partial charge in [0.15, 0.2) is 0 Å². The summed E-state index contributed by atoms with van der Waals surface area (Å²) in [5.41, 5.74) is 0.480. The van der Waals surface area contributed by atoms with Crippen molar-refractivity contribution >= 4 is 5.91 Å². The Labute approximate surface area is 131 Å². The van der Waals surface area contributed by atoms with Gasteiger partial charge in [-0.25, -0.2) is 8.78 Å². The SMILES string of the molecule is Cn1[nH]c(=O)cc1C(=O)N1CCC(c2ccc(F)cc2F)CC1. The molecule has 1 amide bonds. The number of carbonyl (C=O) groups is 1. The summed E-state index contributed by atoms with van der Waals surface area (Å²) in [7, 11) is 1.61. The van der Waals surface area contributed by atoms with Crippen molar-refractivity contribution in [2.75, 3.05) is 13.1 Å². The summed E-state index contributed by atoms with van der Waals surface area (Å²) in [4.78, 5) is 25.3. The summed E-state index contributed by atoms with van der Waals surface area (Å²) >= 11 is 0. The lowest BCUT2D eigenvalue weighted by Crippen LogP contribution is -2.38. The summed E-state index contributed by atoms with van der Waals surface area (Å²) in [5, 5.41) is 2.50. The first-order valence-electron chi connectivity index (χ1n) is 7.46. The van der Waals surface area contributed by atoms with Gasteiger partial charge in [-0.05, 0) is 30.4 Å². The highest BCUT2D eigenvalue weighted by molar-refractivity contribution is 5.92. The Morgan fingerprint density at radius 1 is 1.22 bits per heavy atom. The van der Waals surface area contributed by atoms with Gasteiger partial charge < -0.3 is 4.90 Å². The third kappa shape index (κ3) is 3.04. The monoisotopic (exact) mass is 321 g/mol. The maximum Gasteiger partial charge on any atom is 0.272 e. The van der Waals surface area contributed by atoms with Crippen molar-refractivity contribution in [2.24, 2.45) is 7.05 Å². The number of nitrogens with one attached hydrogen (secondary N) is 1. The van der Waals surface area contributed by atoms with Crippen molar-refractivity contribution in [3.63, 3.8) is 0 Å². The largest absolute Gasteiger partial charge is 0.337 e. The second kappa shape index (κ2) is 5.98. The van der Waals surface area contributed by atoms with Crippen LogP contribution in [0.3, 0.4) is 0 Å². The second-order valence-electron chi connectivity index (χ2n) is 5.80. The molecule has 7 heteroatoms. The van der Waals surface area contributed by atoms with E-state index in [9.17, 15) is 18.4 Å². The molecule has 1 aliphatic rings. The number of benzene rings is 1. The van der Waals surface area contributed by atoms with Crippen molar-refractivity contribution in [3.05, 3.63) is 57.5 Å². The third-order valence-electron chi connectivity index (χ3n) is 4.31. The van der Waals surface area contributed by atoms with Crippen molar-refractivity contribution < 1.29 is 13.6 Å². The van der Waals surface area contributed by atoms with Crippen LogP contribution in [0.25, 0.3) is 0 Å². The fraction of sp³-hybridized carbons (Fsp3) is 0.375. The van der Waals surface area contributed by atoms with Crippen molar-refractivity contribution in [3.8, 4) is 0 Å². The molecule has 0 bridgehead atoms. The zero-order chi connectivity index (χ0) is 16.6. The molecule has 0 unspecified atom stereocenters. The molecule has 0 atom stereocenters. The van der Waals surface area contributed by atoms with Crippen LogP contribution in [0.5, 0.6) is 0 Å². The normalized spacial score (nSPS) is 15.9. The summed E-state index contributed by atoms with van der Waals surface area (Å²) in [5.74, 6) is -1.38. The first-order chi connectivity index (χ1) is 11.0. The number of carbonyl (C=O) groups excluding carboxylic acids is 1. The van der Waals surface area contributed by atoms with E-state index in [1.165, 1.54) is 22.9 Å². The number of H-pyrrole nitrogens is 1. The van der Waals surface area contributed by atoms with Crippen molar-refractivity contribution in [1.82, 2.24) is 14.7 Å². The van der Waals surface area contributed by atoms with Gasteiger partial charge in [0.2, 0.25) is 0 Å². The topological polar surface area (TPSA) is 58.1 Å². The van der Waals surface area contributed by atoms with Crippen LogP contribution in [0, 0.1) is 11.6 Å². The number of aromatic amines is 1. The van der Waals surface area contributed by atoms with Gasteiger partial charge in [-0.2, -0.15) is 0 Å². The Bertz CT molecular complexity index is 789. The minimum atomic E-state index is -0.591. The molecule has 2 aromatic rings. The van der Waals surface area contributed by atoms with E-state index >= 15 is 0 Å². The standard InChI is InChI=1S/C16H17F2N3O2/c1-20-14(9-15(22)19-20)16(23)21-6-4-10(5-7-21)12-3-2-11(17)8-13(12)18/h2-3,8-10H,4-7H2,1H3,(H,19,22). The molecule has 23 heavy (non-hydrogen) atoms. The quantitative estimate of drug-likeness (QED) is 0.920. The predicted molar refractivity (Wildman–Crippen MR) is 80.3 cm³/mol. The summed E-state index contributed by atoms with van der Waals surface area (Å²) in [6, 6.07) is 4.89. The lowest BCUT2D eigenvalue weighted by molar-refractivity contribution is 0.0701. The van der Waals surface area contributed by atoms with Gasteiger partial charge in [-0.15, -0.1) is 0 Å². The van der Waals surface area contributed by atoms with Gasteiger partial charge in [0.05, 0.1) is 0 Å². The van der Waals surface area contributed by atoms with Gasteiger partial charge in [-0.1, -0.05) is 6.07 Å². The molecule has 122 valence electrons. The molecule has 5 nitrogen and oxygen atoms in total. The molecule has 1 aliphatic heterocycles. The highest BCUT2D eigenvalue weighted by Crippen LogP contribution is 2.30. The van der Waals surface area contributed by atoms with Crippen LogP contribution in [0.15, 0.2) is 29.1 Å². The highest BCUT2D eigenvalue weighted by atomic mass is 19.1. The van der Waals surface area contributed by atoms with Gasteiger partial charge in [0, 0.05) is 32.3 Å². The number of rotatable bonds is 2. The fourth-order valence-corrected chi connectivity index (χ4v) is 3.07. The van der Waals surface area contributed by atoms with Crippen LogP contribution in [-0.4, -0.2) is 33.7 Å². The van der Waals surface area contributed by atoms with E-state index in [1.807, 2.05) is 0 Å². The summed E-state index contributed by atoms with van der Waals surface area (Å²) in [6.07, 6.45) is 1.21. The number of hydrogen-bond donors (Lipinski definition) is 1. The second-order valence-corrected chi connectivity index (χ2v) is 5.80. The fourth-order valence-electron chi connectivity index (χ4n) is 3.07. The predicted octanol–water partition coefficient (Wildman–Crippen LogP) is 2.01. The van der Waals surface area contributed by atoms with Crippen molar-refractivity contribution in [1.29, 1.82) is 0 Å². The Balaban J connectivity index is 1.70. The van der Waals surface area contributed by atoms with Crippen LogP contribution >= 0.6 is 0 Å². The number of piperidine rings is 1. The minimum absolute atomic E-state index is 0.0327. The molecule has 2 heterocycles. The van der Waals surface area contributed by atoms with E-state index in [1.54, 1.807) is 11.9 Å². The minimum Gasteiger partial charge on any atom is -0.337 e. The molecule has 0 spiro atoms. The smallest absolute Gasteiger partial charge is 0.272 e. The van der Waals surface area contributed by atoms with Gasteiger partial charge in [0.25, 0.3) is 11.5 Å². The number of nitrogens with zero attached hydrogens (tertiary/aromatic N) is 2. The van der Waals surface area contributed by atoms with Crippen molar-refractivity contribution in [2.45, 2.75) is 18.8 Å². The summed E-state index contributed by atoms with van der Waals surface area (Å²) < 4.78 is 28.2. The molecular weight excluding hydrogens is 304 g/mol. The van der Waals surface area contributed by atoms with Crippen LogP contribution in [0.4, 0.5) is 8.78 Å². The molecular formula is C16H17F2N3O2. The number of aromatic nitrogens is 2. The Hall–Kier alpha value is -2.44. The van der Waals surface area contributed by atoms with Crippen LogP contribution < -0.4 is 5.56 Å². The zero-order valence-corrected chi connectivity index (χ0v) is 12.7. The van der Waals surface area contributed by atoms with E-state index in [2.05, 4.69) is 5.10 Å². The van der Waals surface area contributed by atoms with Gasteiger partial charge >= 0.3 is 0 Å². The van der Waals surface area contributed by atoms with Crippen LogP contribution in [0.1, 0.15) is 34.8 Å². The molecule has 1 N–H and O–H groups in total. The van der Waals surface area contributed by atoms with Crippen LogP contribution in [0.2, 0.25) is 0 Å². The zero-order valence-electron chi connectivity index (χ0n) is 12.7. The lowest BCUT2D eigenvalue weighted by atomic mass is 9.89. The first kappa shape index (κ1) is 15.5. The van der Waals surface area contributed by atoms with E-state index < -0.39 is 11.6 Å². The average Bonchev–Trinajstić information content (AvgIpc) is 2.85. The Morgan fingerprint density at radius 3 is 2.48 bits per heavy atom. The maximum absolute atomic E-state index is 13.8. The highest BCUT2D eigenvalue weighted by Gasteiger charge is 2.27. The van der Waals surface area contributed by atoms with Gasteiger partial charge in [-0.3, -0.25) is 19.4 Å². The molecule has 1 aromatic heterocycles. The molecule has 1 fully saturated rings. The van der Waals surface area contributed by atoms with Gasteiger partial charge in [0.1, 0.15) is 17.3 Å². The molecule has 0 saturated carbocycles. The molecule has 0 radical (unpaired) electrons. The third-order valence-corrected chi connectivity index (χ3v) is 4.31. The lowest BCUT2D eigenvalue weighted by Gasteiger charge is -2.32. The first-order valence-corrected chi connectivity index (χ1v) is 7.46. The molecule has 1 saturated heterocycles. The molecule has 3 rings (SSSR count). The van der Waals surface area contributed by atoms with Crippen LogP contribution in [-0.2, 0) is 7.05 Å². The Kier molecular flexibility index (Phi) is 4.02. The molecule has 0 aliphatic carbocycles. The number of likely N-dealkylation sites (tertiary alicyclic amines) is 1. The maximum atomic E-state index is 13.8. The molecule has 1 aromatic carbocycles. The summed E-state index contributed by atoms with van der Waals surface area (Å²) in [6.45, 7) is 0.944. The number of aryl methyl sites for hydroxylation is 1. The Morgan fingerprint density at radius 2 is 1.91 bits per heavy atom. The number of hydrogen-bond acceptors (Lipinski definition) is 2. The number of halogens is 2. The van der Waals surface area contributed by atoms with E-state index in [-0.39, 0.29) is 17.4 Å². The number of amides is 1.